The molecule has 2 aromatic rings. The minimum Gasteiger partial charge on any atom is -0.496 e. The van der Waals surface area contributed by atoms with Gasteiger partial charge in [-0.25, -0.2) is 4.39 Å². The van der Waals surface area contributed by atoms with Crippen LogP contribution < -0.4 is 4.74 Å². The van der Waals surface area contributed by atoms with Crippen molar-refractivity contribution >= 4 is 15.9 Å². The molecule has 2 rings (SSSR count). The van der Waals surface area contributed by atoms with E-state index < -0.39 is 11.9 Å². The molecule has 1 unspecified atom stereocenters. The Morgan fingerprint density at radius 3 is 2.65 bits per heavy atom. The molecular formula is C16H16BrFO2. The van der Waals surface area contributed by atoms with Crippen LogP contribution in [0.4, 0.5) is 4.39 Å². The molecular weight excluding hydrogens is 323 g/mol. The molecule has 4 heteroatoms. The van der Waals surface area contributed by atoms with Gasteiger partial charge < -0.3 is 9.84 Å². The first-order chi connectivity index (χ1) is 9.51. The van der Waals surface area contributed by atoms with Gasteiger partial charge in [0.05, 0.1) is 13.2 Å². The number of halogens is 2. The largest absolute Gasteiger partial charge is 0.496 e. The van der Waals surface area contributed by atoms with Gasteiger partial charge in [-0.1, -0.05) is 39.7 Å². The zero-order valence-corrected chi connectivity index (χ0v) is 12.9. The van der Waals surface area contributed by atoms with E-state index in [-0.39, 0.29) is 5.56 Å². The van der Waals surface area contributed by atoms with Crippen LogP contribution >= 0.6 is 15.9 Å². The topological polar surface area (TPSA) is 29.5 Å². The van der Waals surface area contributed by atoms with Crippen LogP contribution in [0.25, 0.3) is 0 Å². The first kappa shape index (κ1) is 15.0. The molecule has 0 aromatic heterocycles. The SMILES string of the molecule is COc1ccc(C)cc1CC(O)c1ccc(Br)cc1F. The average molecular weight is 339 g/mol. The van der Waals surface area contributed by atoms with E-state index in [2.05, 4.69) is 15.9 Å². The summed E-state index contributed by atoms with van der Waals surface area (Å²) in [7, 11) is 1.58. The second-order valence-corrected chi connectivity index (χ2v) is 5.62. The lowest BCUT2D eigenvalue weighted by atomic mass is 9.99. The van der Waals surface area contributed by atoms with Crippen LogP contribution in [0.5, 0.6) is 5.75 Å². The summed E-state index contributed by atoms with van der Waals surface area (Å²) in [6, 6.07) is 10.4. The van der Waals surface area contributed by atoms with E-state index in [1.165, 1.54) is 6.07 Å². The van der Waals surface area contributed by atoms with Crippen molar-refractivity contribution < 1.29 is 14.2 Å². The van der Waals surface area contributed by atoms with Gasteiger partial charge in [0.15, 0.2) is 0 Å². The van der Waals surface area contributed by atoms with Crippen molar-refractivity contribution in [2.24, 2.45) is 0 Å². The van der Waals surface area contributed by atoms with Gasteiger partial charge in [-0.05, 0) is 30.7 Å². The molecule has 0 amide bonds. The van der Waals surface area contributed by atoms with Crippen molar-refractivity contribution in [1.29, 1.82) is 0 Å². The maximum Gasteiger partial charge on any atom is 0.130 e. The third-order valence-corrected chi connectivity index (χ3v) is 3.66. The third kappa shape index (κ3) is 3.38. The van der Waals surface area contributed by atoms with Gasteiger partial charge in [-0.15, -0.1) is 0 Å². The minimum atomic E-state index is -0.904. The first-order valence-corrected chi connectivity index (χ1v) is 7.07. The number of hydrogen-bond donors (Lipinski definition) is 1. The molecule has 0 radical (unpaired) electrons. The zero-order valence-electron chi connectivity index (χ0n) is 11.4. The molecule has 0 aliphatic rings. The molecule has 0 aliphatic carbocycles. The maximum atomic E-state index is 13.8. The number of benzene rings is 2. The first-order valence-electron chi connectivity index (χ1n) is 6.28. The summed E-state index contributed by atoms with van der Waals surface area (Å²) < 4.78 is 19.8. The van der Waals surface area contributed by atoms with E-state index in [9.17, 15) is 9.50 Å². The smallest absolute Gasteiger partial charge is 0.130 e. The van der Waals surface area contributed by atoms with Gasteiger partial charge >= 0.3 is 0 Å². The molecule has 1 atom stereocenters. The molecule has 0 spiro atoms. The van der Waals surface area contributed by atoms with E-state index in [1.807, 2.05) is 25.1 Å². The monoisotopic (exact) mass is 338 g/mol. The van der Waals surface area contributed by atoms with Crippen molar-refractivity contribution in [3.8, 4) is 5.75 Å². The Balaban J connectivity index is 2.27. The Bertz CT molecular complexity index is 613. The standard InChI is InChI=1S/C16H16BrFO2/c1-10-3-6-16(20-2)11(7-10)8-15(19)13-5-4-12(17)9-14(13)18/h3-7,9,15,19H,8H2,1-2H3. The number of aryl methyl sites for hydroxylation is 1. The van der Waals surface area contributed by atoms with Gasteiger partial charge in [0, 0.05) is 16.5 Å². The van der Waals surface area contributed by atoms with Crippen molar-refractivity contribution in [2.45, 2.75) is 19.4 Å². The number of hydrogen-bond acceptors (Lipinski definition) is 2. The van der Waals surface area contributed by atoms with E-state index >= 15 is 0 Å². The Kier molecular flexibility index (Phi) is 4.78. The van der Waals surface area contributed by atoms with Crippen molar-refractivity contribution in [2.75, 3.05) is 7.11 Å². The molecule has 0 aliphatic heterocycles. The minimum absolute atomic E-state index is 0.289. The van der Waals surface area contributed by atoms with Crippen LogP contribution in [0.15, 0.2) is 40.9 Å². The van der Waals surface area contributed by atoms with E-state index in [0.29, 0.717) is 16.6 Å². The van der Waals surface area contributed by atoms with Crippen LogP contribution in [0.3, 0.4) is 0 Å². The predicted octanol–water partition coefficient (Wildman–Crippen LogP) is 4.18. The van der Waals surface area contributed by atoms with Gasteiger partial charge in [0.25, 0.3) is 0 Å². The Morgan fingerprint density at radius 1 is 1.25 bits per heavy atom. The molecule has 0 saturated carbocycles. The summed E-state index contributed by atoms with van der Waals surface area (Å²) in [6.07, 6.45) is -0.595. The molecule has 0 saturated heterocycles. The average Bonchev–Trinajstić information content (AvgIpc) is 2.38. The van der Waals surface area contributed by atoms with Crippen molar-refractivity contribution in [3.63, 3.8) is 0 Å². The van der Waals surface area contributed by atoms with Gasteiger partial charge in [0.2, 0.25) is 0 Å². The number of aliphatic hydroxyl groups excluding tert-OH is 1. The van der Waals surface area contributed by atoms with Crippen LogP contribution in [0.1, 0.15) is 22.8 Å². The highest BCUT2D eigenvalue weighted by Gasteiger charge is 2.16. The van der Waals surface area contributed by atoms with Crippen LogP contribution in [-0.4, -0.2) is 12.2 Å². The molecule has 2 nitrogen and oxygen atoms in total. The van der Waals surface area contributed by atoms with Gasteiger partial charge in [-0.3, -0.25) is 0 Å². The lowest BCUT2D eigenvalue weighted by Gasteiger charge is -2.15. The summed E-state index contributed by atoms with van der Waals surface area (Å²) in [6.45, 7) is 1.97. The Morgan fingerprint density at radius 2 is 2.00 bits per heavy atom. The van der Waals surface area contributed by atoms with Crippen molar-refractivity contribution in [1.82, 2.24) is 0 Å². The normalized spacial score (nSPS) is 12.2. The molecule has 20 heavy (non-hydrogen) atoms. The number of ether oxygens (including phenoxy) is 1. The summed E-state index contributed by atoms with van der Waals surface area (Å²) in [5.74, 6) is 0.283. The fraction of sp³-hybridized carbons (Fsp3) is 0.250. The summed E-state index contributed by atoms with van der Waals surface area (Å²) in [5.41, 5.74) is 2.23. The molecule has 106 valence electrons. The molecule has 1 N–H and O–H groups in total. The molecule has 2 aromatic carbocycles. The van der Waals surface area contributed by atoms with E-state index in [4.69, 9.17) is 4.74 Å². The molecule has 0 heterocycles. The fourth-order valence-corrected chi connectivity index (χ4v) is 2.49. The number of rotatable bonds is 4. The quantitative estimate of drug-likeness (QED) is 0.905. The summed E-state index contributed by atoms with van der Waals surface area (Å²) in [4.78, 5) is 0. The van der Waals surface area contributed by atoms with E-state index in [1.54, 1.807) is 19.2 Å². The second-order valence-electron chi connectivity index (χ2n) is 4.70. The van der Waals surface area contributed by atoms with E-state index in [0.717, 1.165) is 11.1 Å². The van der Waals surface area contributed by atoms with Crippen molar-refractivity contribution in [3.05, 3.63) is 63.4 Å². The summed E-state index contributed by atoms with van der Waals surface area (Å²) in [5, 5.41) is 10.2. The van der Waals surface area contributed by atoms with Gasteiger partial charge in [0.1, 0.15) is 11.6 Å². The van der Waals surface area contributed by atoms with Gasteiger partial charge in [-0.2, -0.15) is 0 Å². The summed E-state index contributed by atoms with van der Waals surface area (Å²) >= 11 is 3.20. The van der Waals surface area contributed by atoms with Crippen LogP contribution in [-0.2, 0) is 6.42 Å². The third-order valence-electron chi connectivity index (χ3n) is 3.17. The highest BCUT2D eigenvalue weighted by molar-refractivity contribution is 9.10. The van der Waals surface area contributed by atoms with Crippen LogP contribution in [0, 0.1) is 12.7 Å². The number of methoxy groups -OCH3 is 1. The fourth-order valence-electron chi connectivity index (χ4n) is 2.16. The second kappa shape index (κ2) is 6.37. The predicted molar refractivity (Wildman–Crippen MR) is 80.5 cm³/mol. The highest BCUT2D eigenvalue weighted by atomic mass is 79.9. The zero-order chi connectivity index (χ0) is 14.7. The molecule has 0 bridgehead atoms. The molecule has 0 fully saturated rings. The maximum absolute atomic E-state index is 13.8. The Hall–Kier alpha value is -1.39. The lowest BCUT2D eigenvalue weighted by Crippen LogP contribution is -2.06. The lowest BCUT2D eigenvalue weighted by molar-refractivity contribution is 0.172. The van der Waals surface area contributed by atoms with Crippen LogP contribution in [0.2, 0.25) is 0 Å². The Labute approximate surface area is 126 Å². The number of aliphatic hydroxyl groups is 1. The highest BCUT2D eigenvalue weighted by Crippen LogP contribution is 2.28.